The summed E-state index contributed by atoms with van der Waals surface area (Å²) in [4.78, 5) is 16.8. The van der Waals surface area contributed by atoms with Gasteiger partial charge in [0.05, 0.1) is 17.9 Å². The molecule has 2 N–H and O–H groups in total. The van der Waals surface area contributed by atoms with Crippen molar-refractivity contribution in [3.8, 4) is 0 Å². The third kappa shape index (κ3) is 2.71. The molecule has 0 spiro atoms. The van der Waals surface area contributed by atoms with E-state index in [1.807, 2.05) is 53.2 Å². The number of anilines is 1. The highest BCUT2D eigenvalue weighted by atomic mass is 16.2. The molecule has 0 saturated heterocycles. The van der Waals surface area contributed by atoms with E-state index in [1.54, 1.807) is 0 Å². The number of rotatable bonds is 3. The second-order valence-electron chi connectivity index (χ2n) is 5.80. The van der Waals surface area contributed by atoms with Crippen molar-refractivity contribution < 1.29 is 4.79 Å². The molecule has 116 valence electrons. The summed E-state index contributed by atoms with van der Waals surface area (Å²) in [5, 5.41) is 6.38. The normalized spacial score (nSPS) is 17.6. The first-order valence-corrected chi connectivity index (χ1v) is 7.84. The predicted molar refractivity (Wildman–Crippen MR) is 89.2 cm³/mol. The zero-order chi connectivity index (χ0) is 15.6. The van der Waals surface area contributed by atoms with Crippen LogP contribution in [0.3, 0.4) is 0 Å². The zero-order valence-corrected chi connectivity index (χ0v) is 12.7. The number of imidazole rings is 1. The Morgan fingerprint density at radius 3 is 3.04 bits per heavy atom. The summed E-state index contributed by atoms with van der Waals surface area (Å²) in [5.41, 5.74) is 4.09. The maximum atomic E-state index is 12.4. The summed E-state index contributed by atoms with van der Waals surface area (Å²) in [5.74, 6) is 0.0313. The molecule has 3 heterocycles. The summed E-state index contributed by atoms with van der Waals surface area (Å²) in [7, 11) is 0. The SMILES string of the molecule is O=C1Nc2ccccc2CCC1NCc1cnc2ccccn12. The first-order valence-electron chi connectivity index (χ1n) is 7.84. The van der Waals surface area contributed by atoms with E-state index in [0.717, 1.165) is 29.9 Å². The van der Waals surface area contributed by atoms with E-state index in [1.165, 1.54) is 5.56 Å². The van der Waals surface area contributed by atoms with Crippen LogP contribution < -0.4 is 10.6 Å². The van der Waals surface area contributed by atoms with Gasteiger partial charge in [0.15, 0.2) is 0 Å². The molecule has 1 unspecified atom stereocenters. The number of fused-ring (bicyclic) bond motifs is 2. The van der Waals surface area contributed by atoms with Crippen LogP contribution in [0.4, 0.5) is 5.69 Å². The number of aryl methyl sites for hydroxylation is 1. The van der Waals surface area contributed by atoms with Crippen molar-refractivity contribution in [2.45, 2.75) is 25.4 Å². The lowest BCUT2D eigenvalue weighted by atomic mass is 10.1. The minimum absolute atomic E-state index is 0.0313. The molecule has 1 amide bonds. The van der Waals surface area contributed by atoms with Crippen molar-refractivity contribution in [3.63, 3.8) is 0 Å². The second-order valence-corrected chi connectivity index (χ2v) is 5.80. The number of para-hydroxylation sites is 1. The maximum Gasteiger partial charge on any atom is 0.241 e. The Hall–Kier alpha value is -2.66. The van der Waals surface area contributed by atoms with Crippen LogP contribution in [0, 0.1) is 0 Å². The number of hydrogen-bond donors (Lipinski definition) is 2. The molecule has 1 aliphatic rings. The van der Waals surface area contributed by atoms with Crippen LogP contribution in [0.5, 0.6) is 0 Å². The molecule has 1 atom stereocenters. The predicted octanol–water partition coefficient (Wildman–Crippen LogP) is 2.38. The van der Waals surface area contributed by atoms with Crippen molar-refractivity contribution in [3.05, 3.63) is 66.1 Å². The van der Waals surface area contributed by atoms with Crippen LogP contribution in [0.15, 0.2) is 54.9 Å². The van der Waals surface area contributed by atoms with Gasteiger partial charge in [-0.05, 0) is 36.6 Å². The molecule has 0 bridgehead atoms. The number of benzene rings is 1. The Kier molecular flexibility index (Phi) is 3.55. The highest BCUT2D eigenvalue weighted by molar-refractivity contribution is 5.96. The van der Waals surface area contributed by atoms with Crippen LogP contribution in [-0.2, 0) is 17.8 Å². The minimum atomic E-state index is -0.198. The minimum Gasteiger partial charge on any atom is -0.324 e. The lowest BCUT2D eigenvalue weighted by molar-refractivity contribution is -0.118. The Morgan fingerprint density at radius 1 is 1.22 bits per heavy atom. The summed E-state index contributed by atoms with van der Waals surface area (Å²) < 4.78 is 2.04. The van der Waals surface area contributed by atoms with E-state index in [4.69, 9.17) is 0 Å². The molecule has 5 heteroatoms. The van der Waals surface area contributed by atoms with Crippen LogP contribution in [0.25, 0.3) is 5.65 Å². The number of carbonyl (C=O) groups excluding carboxylic acids is 1. The number of carbonyl (C=O) groups is 1. The van der Waals surface area contributed by atoms with E-state index in [-0.39, 0.29) is 11.9 Å². The van der Waals surface area contributed by atoms with Gasteiger partial charge in [-0.15, -0.1) is 0 Å². The monoisotopic (exact) mass is 306 g/mol. The van der Waals surface area contributed by atoms with Crippen molar-refractivity contribution in [1.82, 2.24) is 14.7 Å². The van der Waals surface area contributed by atoms with Gasteiger partial charge in [-0.2, -0.15) is 0 Å². The lowest BCUT2D eigenvalue weighted by Gasteiger charge is -2.15. The third-order valence-corrected chi connectivity index (χ3v) is 4.32. The Balaban J connectivity index is 1.48. The molecule has 0 saturated carbocycles. The van der Waals surface area contributed by atoms with Crippen LogP contribution >= 0.6 is 0 Å². The summed E-state index contributed by atoms with van der Waals surface area (Å²) in [6.45, 7) is 0.611. The van der Waals surface area contributed by atoms with Gasteiger partial charge in [-0.3, -0.25) is 4.79 Å². The average Bonchev–Trinajstić information content (AvgIpc) is 2.91. The molecule has 0 fully saturated rings. The van der Waals surface area contributed by atoms with Crippen molar-refractivity contribution in [2.75, 3.05) is 5.32 Å². The molecule has 5 nitrogen and oxygen atoms in total. The zero-order valence-electron chi connectivity index (χ0n) is 12.7. The fourth-order valence-corrected chi connectivity index (χ4v) is 3.05. The number of amides is 1. The standard InChI is InChI=1S/C18H18N4O/c23-18-16(9-8-13-5-1-2-6-15(13)21-18)19-11-14-12-20-17-7-3-4-10-22(14)17/h1-7,10,12,16,19H,8-9,11H2,(H,21,23). The van der Waals surface area contributed by atoms with Crippen molar-refractivity contribution in [1.29, 1.82) is 0 Å². The molecular weight excluding hydrogens is 288 g/mol. The lowest BCUT2D eigenvalue weighted by Crippen LogP contribution is -2.39. The smallest absolute Gasteiger partial charge is 0.241 e. The Morgan fingerprint density at radius 2 is 2.09 bits per heavy atom. The second kappa shape index (κ2) is 5.85. The summed E-state index contributed by atoms with van der Waals surface area (Å²) in [6, 6.07) is 13.7. The maximum absolute atomic E-state index is 12.4. The van der Waals surface area contributed by atoms with Gasteiger partial charge in [0.25, 0.3) is 0 Å². The summed E-state index contributed by atoms with van der Waals surface area (Å²) >= 11 is 0. The molecule has 0 radical (unpaired) electrons. The molecular formula is C18H18N4O. The van der Waals surface area contributed by atoms with Gasteiger partial charge in [-0.25, -0.2) is 4.98 Å². The molecule has 1 aliphatic heterocycles. The number of nitrogens with one attached hydrogen (secondary N) is 2. The van der Waals surface area contributed by atoms with Gasteiger partial charge in [0, 0.05) is 18.4 Å². The number of aromatic nitrogens is 2. The first-order chi connectivity index (χ1) is 11.3. The molecule has 23 heavy (non-hydrogen) atoms. The fourth-order valence-electron chi connectivity index (χ4n) is 3.05. The van der Waals surface area contributed by atoms with Gasteiger partial charge >= 0.3 is 0 Å². The number of nitrogens with zero attached hydrogens (tertiary/aromatic N) is 2. The average molecular weight is 306 g/mol. The highest BCUT2D eigenvalue weighted by Gasteiger charge is 2.23. The van der Waals surface area contributed by atoms with Crippen molar-refractivity contribution >= 4 is 17.2 Å². The number of hydrogen-bond acceptors (Lipinski definition) is 3. The molecule has 0 aliphatic carbocycles. The van der Waals surface area contributed by atoms with Crippen LogP contribution in [0.1, 0.15) is 17.7 Å². The van der Waals surface area contributed by atoms with E-state index in [9.17, 15) is 4.79 Å². The Labute approximate surface area is 134 Å². The van der Waals surface area contributed by atoms with E-state index in [2.05, 4.69) is 21.7 Å². The molecule has 4 rings (SSSR count). The van der Waals surface area contributed by atoms with Crippen LogP contribution in [0.2, 0.25) is 0 Å². The van der Waals surface area contributed by atoms with Crippen molar-refractivity contribution in [2.24, 2.45) is 0 Å². The molecule has 1 aromatic carbocycles. The van der Waals surface area contributed by atoms with Gasteiger partial charge in [0.2, 0.25) is 5.91 Å². The highest BCUT2D eigenvalue weighted by Crippen LogP contribution is 2.21. The number of pyridine rings is 1. The van der Waals surface area contributed by atoms with Gasteiger partial charge in [0.1, 0.15) is 5.65 Å². The third-order valence-electron chi connectivity index (χ3n) is 4.32. The molecule has 2 aromatic heterocycles. The van der Waals surface area contributed by atoms with E-state index < -0.39 is 0 Å². The molecule has 3 aromatic rings. The largest absolute Gasteiger partial charge is 0.324 e. The fraction of sp³-hybridized carbons (Fsp3) is 0.222. The summed E-state index contributed by atoms with van der Waals surface area (Å²) in [6.07, 6.45) is 5.52. The first kappa shape index (κ1) is 14.0. The van der Waals surface area contributed by atoms with Gasteiger partial charge < -0.3 is 15.0 Å². The van der Waals surface area contributed by atoms with E-state index >= 15 is 0 Å². The Bertz CT molecular complexity index is 855. The quantitative estimate of drug-likeness (QED) is 0.781. The van der Waals surface area contributed by atoms with Crippen LogP contribution in [-0.4, -0.2) is 21.3 Å². The topological polar surface area (TPSA) is 58.4 Å². The van der Waals surface area contributed by atoms with E-state index in [0.29, 0.717) is 6.54 Å². The van der Waals surface area contributed by atoms with Gasteiger partial charge in [-0.1, -0.05) is 24.3 Å².